The summed E-state index contributed by atoms with van der Waals surface area (Å²) in [5, 5.41) is 12.5. The van der Waals surface area contributed by atoms with E-state index in [1.165, 1.54) is 0 Å². The third kappa shape index (κ3) is 4.78. The highest BCUT2D eigenvalue weighted by Gasteiger charge is 2.68. The molecule has 2 N–H and O–H groups in total. The van der Waals surface area contributed by atoms with Crippen LogP contribution in [0.1, 0.15) is 19.8 Å². The zero-order valence-corrected chi connectivity index (χ0v) is 10.1. The Hall–Kier alpha value is -1.68. The van der Waals surface area contributed by atoms with Gasteiger partial charge in [0, 0.05) is 12.5 Å². The fourth-order valence-electron chi connectivity index (χ4n) is 1.01. The van der Waals surface area contributed by atoms with Crippen molar-refractivity contribution in [3.8, 4) is 0 Å². The molecule has 0 aromatic heterocycles. The molecule has 0 saturated carbocycles. The molecule has 0 saturated heterocycles. The van der Waals surface area contributed by atoms with Gasteiger partial charge in [-0.2, -0.15) is 26.3 Å². The Labute approximate surface area is 109 Å². The third-order valence-corrected chi connectivity index (χ3v) is 2.34. The molecule has 0 aromatic carbocycles. The van der Waals surface area contributed by atoms with Crippen molar-refractivity contribution in [1.29, 1.82) is 0 Å². The minimum atomic E-state index is -5.74. The van der Waals surface area contributed by atoms with Crippen molar-refractivity contribution in [2.45, 2.75) is 37.7 Å². The number of rotatable bonds is 5. The highest BCUT2D eigenvalue weighted by molar-refractivity contribution is 5.75. The summed E-state index contributed by atoms with van der Waals surface area (Å²) in [7, 11) is 0. The van der Waals surface area contributed by atoms with E-state index in [4.69, 9.17) is 0 Å². The molecule has 0 aliphatic heterocycles. The molecule has 0 aliphatic carbocycles. The van der Waals surface area contributed by atoms with Gasteiger partial charge in [-0.25, -0.2) is 4.79 Å². The molecule has 0 unspecified atom stereocenters. The normalized spacial score (nSPS) is 12.9. The standard InChI is InChI=1S/C9H12F6N2O3/c1-7(8(10,11)12,9(13,14)15)17-6(20)16-4-2-3-5(18)19/h2-4H2,1H3,(H,18,19)(H2,16,17,20)/p-1. The summed E-state index contributed by atoms with van der Waals surface area (Å²) in [6, 6.07) is -1.71. The number of hydrogen-bond donors (Lipinski definition) is 2. The van der Waals surface area contributed by atoms with Crippen LogP contribution in [0, 0.1) is 0 Å². The molecule has 0 rings (SSSR count). The maximum absolute atomic E-state index is 12.4. The van der Waals surface area contributed by atoms with Gasteiger partial charge in [-0.15, -0.1) is 0 Å². The van der Waals surface area contributed by atoms with Crippen LogP contribution in [0.2, 0.25) is 0 Å². The van der Waals surface area contributed by atoms with E-state index < -0.39 is 42.9 Å². The molecule has 20 heavy (non-hydrogen) atoms. The largest absolute Gasteiger partial charge is 0.550 e. The number of hydrogen-bond acceptors (Lipinski definition) is 3. The molecule has 5 nitrogen and oxygen atoms in total. The van der Waals surface area contributed by atoms with Crippen LogP contribution in [-0.4, -0.2) is 36.4 Å². The summed E-state index contributed by atoms with van der Waals surface area (Å²) in [6.45, 7) is -0.626. The topological polar surface area (TPSA) is 81.3 Å². The zero-order chi connectivity index (χ0) is 16.2. The quantitative estimate of drug-likeness (QED) is 0.579. The van der Waals surface area contributed by atoms with E-state index in [9.17, 15) is 41.0 Å². The van der Waals surface area contributed by atoms with Crippen molar-refractivity contribution in [2.75, 3.05) is 6.54 Å². The lowest BCUT2D eigenvalue weighted by Crippen LogP contribution is -2.67. The van der Waals surface area contributed by atoms with Crippen LogP contribution in [0.5, 0.6) is 0 Å². The van der Waals surface area contributed by atoms with Crippen molar-refractivity contribution in [1.82, 2.24) is 10.6 Å². The fraction of sp³-hybridized carbons (Fsp3) is 0.778. The molecular weight excluding hydrogens is 298 g/mol. The van der Waals surface area contributed by atoms with E-state index in [2.05, 4.69) is 0 Å². The van der Waals surface area contributed by atoms with Gasteiger partial charge in [-0.1, -0.05) is 0 Å². The van der Waals surface area contributed by atoms with E-state index in [1.807, 2.05) is 0 Å². The first-order valence-electron chi connectivity index (χ1n) is 5.20. The maximum atomic E-state index is 12.4. The molecule has 118 valence electrons. The minimum Gasteiger partial charge on any atom is -0.550 e. The first kappa shape index (κ1) is 18.3. The summed E-state index contributed by atoms with van der Waals surface area (Å²) < 4.78 is 74.4. The van der Waals surface area contributed by atoms with Crippen LogP contribution in [0.15, 0.2) is 0 Å². The van der Waals surface area contributed by atoms with E-state index in [-0.39, 0.29) is 13.3 Å². The van der Waals surface area contributed by atoms with Crippen molar-refractivity contribution in [2.24, 2.45) is 0 Å². The van der Waals surface area contributed by atoms with Gasteiger partial charge >= 0.3 is 18.4 Å². The van der Waals surface area contributed by atoms with Gasteiger partial charge < -0.3 is 20.5 Å². The summed E-state index contributed by atoms with van der Waals surface area (Å²) in [4.78, 5) is 21.0. The number of urea groups is 1. The Bertz CT molecular complexity index is 352. The Kier molecular flexibility index (Phi) is 5.66. The van der Waals surface area contributed by atoms with Gasteiger partial charge in [-0.3, -0.25) is 0 Å². The predicted octanol–water partition coefficient (Wildman–Crippen LogP) is 0.699. The second-order valence-corrected chi connectivity index (χ2v) is 3.98. The van der Waals surface area contributed by atoms with Gasteiger partial charge in [-0.05, 0) is 19.8 Å². The minimum absolute atomic E-state index is 0.190. The van der Waals surface area contributed by atoms with E-state index >= 15 is 0 Å². The lowest BCUT2D eigenvalue weighted by molar-refractivity contribution is -0.305. The lowest BCUT2D eigenvalue weighted by Gasteiger charge is -2.34. The summed E-state index contributed by atoms with van der Waals surface area (Å²) in [5.41, 5.74) is -4.40. The Balaban J connectivity index is 4.63. The maximum Gasteiger partial charge on any atom is 0.420 e. The van der Waals surface area contributed by atoms with Crippen LogP contribution in [0.3, 0.4) is 0 Å². The van der Waals surface area contributed by atoms with Gasteiger partial charge in [0.2, 0.25) is 5.54 Å². The van der Waals surface area contributed by atoms with E-state index in [1.54, 1.807) is 5.32 Å². The molecule has 0 aliphatic rings. The third-order valence-electron chi connectivity index (χ3n) is 2.34. The summed E-state index contributed by atoms with van der Waals surface area (Å²) in [6.07, 6.45) is -12.2. The molecule has 0 bridgehead atoms. The molecule has 0 heterocycles. The molecule has 0 spiro atoms. The van der Waals surface area contributed by atoms with Crippen molar-refractivity contribution >= 4 is 12.0 Å². The van der Waals surface area contributed by atoms with Crippen LogP contribution in [0.25, 0.3) is 0 Å². The number of amides is 2. The van der Waals surface area contributed by atoms with Crippen molar-refractivity contribution < 1.29 is 41.0 Å². The average Bonchev–Trinajstić information content (AvgIpc) is 2.20. The second-order valence-electron chi connectivity index (χ2n) is 3.98. The number of halogens is 6. The smallest absolute Gasteiger partial charge is 0.420 e. The average molecular weight is 309 g/mol. The number of carboxylic acids is 1. The molecule has 2 amide bonds. The Morgan fingerprint density at radius 2 is 1.50 bits per heavy atom. The number of carbonyl (C=O) groups is 2. The first-order chi connectivity index (χ1) is 8.81. The number of aliphatic carboxylic acids is 1. The number of alkyl halides is 6. The molecule has 0 atom stereocenters. The first-order valence-corrected chi connectivity index (χ1v) is 5.20. The van der Waals surface area contributed by atoms with Crippen LogP contribution < -0.4 is 15.7 Å². The number of nitrogens with one attached hydrogen (secondary N) is 2. The monoisotopic (exact) mass is 309 g/mol. The summed E-state index contributed by atoms with van der Waals surface area (Å²) in [5.74, 6) is -1.46. The van der Waals surface area contributed by atoms with E-state index in [0.717, 1.165) is 5.32 Å². The zero-order valence-electron chi connectivity index (χ0n) is 10.1. The predicted molar refractivity (Wildman–Crippen MR) is 51.3 cm³/mol. The molecule has 0 fully saturated rings. The number of carboxylic acid groups (broad SMARTS) is 1. The Morgan fingerprint density at radius 3 is 1.85 bits per heavy atom. The highest BCUT2D eigenvalue weighted by atomic mass is 19.4. The Morgan fingerprint density at radius 1 is 1.05 bits per heavy atom. The van der Waals surface area contributed by atoms with Crippen molar-refractivity contribution in [3.63, 3.8) is 0 Å². The SMILES string of the molecule is CC(NC(=O)NCCCC(=O)[O-])(C(F)(F)F)C(F)(F)F. The lowest BCUT2D eigenvalue weighted by atomic mass is 10.0. The molecular formula is C9H11F6N2O3-. The fourth-order valence-corrected chi connectivity index (χ4v) is 1.01. The molecule has 0 radical (unpaired) electrons. The van der Waals surface area contributed by atoms with Gasteiger partial charge in [0.15, 0.2) is 0 Å². The van der Waals surface area contributed by atoms with Crippen LogP contribution in [-0.2, 0) is 4.79 Å². The van der Waals surface area contributed by atoms with E-state index in [0.29, 0.717) is 0 Å². The van der Waals surface area contributed by atoms with Gasteiger partial charge in [0.1, 0.15) is 0 Å². The van der Waals surface area contributed by atoms with Gasteiger partial charge in [0.25, 0.3) is 0 Å². The highest BCUT2D eigenvalue weighted by Crippen LogP contribution is 2.42. The molecule has 0 aromatic rings. The van der Waals surface area contributed by atoms with Crippen LogP contribution >= 0.6 is 0 Å². The summed E-state index contributed by atoms with van der Waals surface area (Å²) >= 11 is 0. The second kappa shape index (κ2) is 6.18. The van der Waals surface area contributed by atoms with Crippen molar-refractivity contribution in [3.05, 3.63) is 0 Å². The van der Waals surface area contributed by atoms with Crippen LogP contribution in [0.4, 0.5) is 31.1 Å². The molecule has 11 heteroatoms. The number of carbonyl (C=O) groups excluding carboxylic acids is 2. The van der Waals surface area contributed by atoms with Gasteiger partial charge in [0.05, 0.1) is 0 Å².